The SMILES string of the molecule is CN=C(NCC1CCN(CCOC)CC1)NC1CCN(C(=O)C2CCCC2)C1. The molecule has 2 N–H and O–H groups in total. The molecule has 7 nitrogen and oxygen atoms in total. The Morgan fingerprint density at radius 1 is 1.11 bits per heavy atom. The van der Waals surface area contributed by atoms with Gasteiger partial charge in [0, 0.05) is 52.3 Å². The zero-order chi connectivity index (χ0) is 19.8. The number of likely N-dealkylation sites (tertiary alicyclic amines) is 2. The van der Waals surface area contributed by atoms with Crippen LogP contribution in [0.2, 0.25) is 0 Å². The highest BCUT2D eigenvalue weighted by atomic mass is 16.5. The van der Waals surface area contributed by atoms with Crippen molar-refractivity contribution in [3.05, 3.63) is 0 Å². The maximum absolute atomic E-state index is 12.6. The molecule has 0 spiro atoms. The molecule has 3 fully saturated rings. The van der Waals surface area contributed by atoms with Crippen LogP contribution in [0.1, 0.15) is 44.9 Å². The summed E-state index contributed by atoms with van der Waals surface area (Å²) in [5.74, 6) is 2.24. The highest BCUT2D eigenvalue weighted by molar-refractivity contribution is 5.81. The molecule has 1 unspecified atom stereocenters. The predicted octanol–water partition coefficient (Wildman–Crippen LogP) is 1.30. The Morgan fingerprint density at radius 3 is 2.54 bits per heavy atom. The number of piperidine rings is 1. The van der Waals surface area contributed by atoms with Crippen LogP contribution in [0.4, 0.5) is 0 Å². The van der Waals surface area contributed by atoms with Crippen LogP contribution in [0.5, 0.6) is 0 Å². The first-order valence-corrected chi connectivity index (χ1v) is 11.2. The molecule has 2 aliphatic heterocycles. The molecule has 0 bridgehead atoms. The van der Waals surface area contributed by atoms with Gasteiger partial charge in [-0.3, -0.25) is 9.79 Å². The van der Waals surface area contributed by atoms with E-state index in [9.17, 15) is 4.79 Å². The second kappa shape index (κ2) is 11.0. The number of hydrogen-bond acceptors (Lipinski definition) is 4. The molecule has 1 saturated carbocycles. The van der Waals surface area contributed by atoms with Gasteiger partial charge in [0.2, 0.25) is 5.91 Å². The summed E-state index contributed by atoms with van der Waals surface area (Å²) < 4.78 is 5.18. The van der Waals surface area contributed by atoms with E-state index in [1.165, 1.54) is 25.7 Å². The van der Waals surface area contributed by atoms with Crippen LogP contribution in [-0.4, -0.2) is 87.7 Å². The summed E-state index contributed by atoms with van der Waals surface area (Å²) in [5, 5.41) is 7.05. The molecule has 3 aliphatic rings. The number of methoxy groups -OCH3 is 1. The topological polar surface area (TPSA) is 69.2 Å². The molecule has 160 valence electrons. The summed E-state index contributed by atoms with van der Waals surface area (Å²) in [5.41, 5.74) is 0. The van der Waals surface area contributed by atoms with Gasteiger partial charge < -0.3 is 25.2 Å². The Bertz CT molecular complexity index is 513. The lowest BCUT2D eigenvalue weighted by molar-refractivity contribution is -0.134. The maximum Gasteiger partial charge on any atom is 0.225 e. The van der Waals surface area contributed by atoms with Crippen molar-refractivity contribution in [1.82, 2.24) is 20.4 Å². The van der Waals surface area contributed by atoms with E-state index in [1.54, 1.807) is 7.11 Å². The summed E-state index contributed by atoms with van der Waals surface area (Å²) in [6.45, 7) is 6.83. The fourth-order valence-electron chi connectivity index (χ4n) is 4.77. The first-order chi connectivity index (χ1) is 13.7. The third kappa shape index (κ3) is 6.08. The minimum Gasteiger partial charge on any atom is -0.383 e. The van der Waals surface area contributed by atoms with Crippen LogP contribution < -0.4 is 10.6 Å². The number of nitrogens with zero attached hydrogens (tertiary/aromatic N) is 3. The quantitative estimate of drug-likeness (QED) is 0.504. The van der Waals surface area contributed by atoms with Crippen LogP contribution in [0.3, 0.4) is 0 Å². The molecular weight excluding hydrogens is 354 g/mol. The van der Waals surface area contributed by atoms with Crippen molar-refractivity contribution < 1.29 is 9.53 Å². The highest BCUT2D eigenvalue weighted by Crippen LogP contribution is 2.27. The number of ether oxygens (including phenoxy) is 1. The molecule has 28 heavy (non-hydrogen) atoms. The van der Waals surface area contributed by atoms with Gasteiger partial charge in [-0.2, -0.15) is 0 Å². The van der Waals surface area contributed by atoms with E-state index in [0.717, 1.165) is 71.1 Å². The lowest BCUT2D eigenvalue weighted by Crippen LogP contribution is -2.47. The van der Waals surface area contributed by atoms with Gasteiger partial charge in [0.25, 0.3) is 0 Å². The third-order valence-electron chi connectivity index (χ3n) is 6.65. The van der Waals surface area contributed by atoms with Crippen molar-refractivity contribution in [2.24, 2.45) is 16.8 Å². The first-order valence-electron chi connectivity index (χ1n) is 11.2. The van der Waals surface area contributed by atoms with Gasteiger partial charge in [-0.05, 0) is 51.1 Å². The second-order valence-electron chi connectivity index (χ2n) is 8.63. The van der Waals surface area contributed by atoms with Crippen molar-refractivity contribution in [1.29, 1.82) is 0 Å². The Kier molecular flexibility index (Phi) is 8.40. The van der Waals surface area contributed by atoms with Gasteiger partial charge in [-0.15, -0.1) is 0 Å². The molecule has 0 aromatic carbocycles. The molecule has 1 amide bonds. The molecular formula is C21H39N5O2. The third-order valence-corrected chi connectivity index (χ3v) is 6.65. The van der Waals surface area contributed by atoms with Gasteiger partial charge in [0.05, 0.1) is 6.61 Å². The zero-order valence-electron chi connectivity index (χ0n) is 17.8. The predicted molar refractivity (Wildman–Crippen MR) is 112 cm³/mol. The van der Waals surface area contributed by atoms with Gasteiger partial charge >= 0.3 is 0 Å². The van der Waals surface area contributed by atoms with Crippen molar-refractivity contribution in [2.75, 3.05) is 60.0 Å². The minimum absolute atomic E-state index is 0.283. The first kappa shape index (κ1) is 21.4. The molecule has 2 heterocycles. The second-order valence-corrected chi connectivity index (χ2v) is 8.63. The number of hydrogen-bond donors (Lipinski definition) is 2. The molecule has 3 rings (SSSR count). The van der Waals surface area contributed by atoms with E-state index >= 15 is 0 Å². The monoisotopic (exact) mass is 393 g/mol. The van der Waals surface area contributed by atoms with E-state index in [2.05, 4.69) is 25.4 Å². The Balaban J connectivity index is 1.34. The minimum atomic E-state index is 0.283. The van der Waals surface area contributed by atoms with Crippen LogP contribution >= 0.6 is 0 Å². The highest BCUT2D eigenvalue weighted by Gasteiger charge is 2.32. The van der Waals surface area contributed by atoms with Crippen LogP contribution in [0.25, 0.3) is 0 Å². The van der Waals surface area contributed by atoms with E-state index in [4.69, 9.17) is 4.74 Å². The van der Waals surface area contributed by atoms with Crippen LogP contribution in [0.15, 0.2) is 4.99 Å². The lowest BCUT2D eigenvalue weighted by atomic mass is 9.97. The van der Waals surface area contributed by atoms with E-state index in [0.29, 0.717) is 17.9 Å². The van der Waals surface area contributed by atoms with Crippen LogP contribution in [-0.2, 0) is 9.53 Å². The number of amides is 1. The number of guanidine groups is 1. The van der Waals surface area contributed by atoms with E-state index in [1.807, 2.05) is 7.05 Å². The fraction of sp³-hybridized carbons (Fsp3) is 0.905. The van der Waals surface area contributed by atoms with Crippen molar-refractivity contribution in [2.45, 2.75) is 51.0 Å². The summed E-state index contributed by atoms with van der Waals surface area (Å²) >= 11 is 0. The average Bonchev–Trinajstić information content (AvgIpc) is 3.42. The Morgan fingerprint density at radius 2 is 1.86 bits per heavy atom. The Labute approximate surface area is 170 Å². The number of carbonyl (C=O) groups is 1. The van der Waals surface area contributed by atoms with E-state index < -0.39 is 0 Å². The molecule has 1 aliphatic carbocycles. The molecule has 0 aromatic heterocycles. The smallest absolute Gasteiger partial charge is 0.225 e. The molecule has 1 atom stereocenters. The van der Waals surface area contributed by atoms with E-state index in [-0.39, 0.29) is 5.92 Å². The standard InChI is InChI=1S/C21H39N5O2/c1-22-21(23-15-17-7-10-25(11-8-17)13-14-28-2)24-19-9-12-26(16-19)20(27)18-5-3-4-6-18/h17-19H,3-16H2,1-2H3,(H2,22,23,24). The largest absolute Gasteiger partial charge is 0.383 e. The molecule has 7 heteroatoms. The maximum atomic E-state index is 12.6. The number of rotatable bonds is 7. The Hall–Kier alpha value is -1.34. The van der Waals surface area contributed by atoms with Gasteiger partial charge in [0.1, 0.15) is 0 Å². The van der Waals surface area contributed by atoms with Gasteiger partial charge in [0.15, 0.2) is 5.96 Å². The summed E-state index contributed by atoms with van der Waals surface area (Å²) in [6.07, 6.45) is 8.06. The van der Waals surface area contributed by atoms with Crippen molar-refractivity contribution in [3.63, 3.8) is 0 Å². The number of nitrogens with one attached hydrogen (secondary N) is 2. The molecule has 0 radical (unpaired) electrons. The summed E-state index contributed by atoms with van der Waals surface area (Å²) in [7, 11) is 3.60. The average molecular weight is 394 g/mol. The van der Waals surface area contributed by atoms with Crippen molar-refractivity contribution in [3.8, 4) is 0 Å². The normalized spacial score (nSPS) is 25.4. The summed E-state index contributed by atoms with van der Waals surface area (Å²) in [4.78, 5) is 21.6. The summed E-state index contributed by atoms with van der Waals surface area (Å²) in [6, 6.07) is 0.312. The van der Waals surface area contributed by atoms with Gasteiger partial charge in [-0.25, -0.2) is 0 Å². The van der Waals surface area contributed by atoms with Crippen molar-refractivity contribution >= 4 is 11.9 Å². The number of carbonyl (C=O) groups excluding carboxylic acids is 1. The van der Waals surface area contributed by atoms with Crippen LogP contribution in [0, 0.1) is 11.8 Å². The zero-order valence-corrected chi connectivity index (χ0v) is 17.8. The van der Waals surface area contributed by atoms with Gasteiger partial charge in [-0.1, -0.05) is 12.8 Å². The number of aliphatic imine (C=N–C) groups is 1. The lowest BCUT2D eigenvalue weighted by Gasteiger charge is -2.32. The fourth-order valence-corrected chi connectivity index (χ4v) is 4.77. The molecule has 0 aromatic rings. The molecule has 2 saturated heterocycles.